The first kappa shape index (κ1) is 35.2. The van der Waals surface area contributed by atoms with E-state index in [1.165, 1.54) is 12.1 Å². The Kier molecular flexibility index (Phi) is 9.29. The molecular formula is C37H41N7O7Si. The number of aliphatic hydroxyl groups excluding tert-OH is 1. The van der Waals surface area contributed by atoms with Crippen molar-refractivity contribution in [1.82, 2.24) is 20.0 Å². The first-order valence-electron chi connectivity index (χ1n) is 17.3. The molecule has 0 bridgehead atoms. The largest absolute Gasteiger partial charge is 0.432 e. The number of aromatic amines is 1. The molecule has 2 aliphatic rings. The molecule has 2 amide bonds. The Bertz CT molecular complexity index is 2140. The number of hydrogen-bond donors (Lipinski definition) is 4. The standard InChI is InChI=1S/C37H41N7O7Si/c1-23-35(52(2,3)50)33(14-16-42-22-27(15-17-45)40-41-42)51-37(23)30-19-28(44(48)49)12-13-32(30)43(36(37)47)21-24-8-10-26(11-9-24)39-34(46)18-25-20-38-31-7-5-4-6-29(25)31/h4-13,19-20,22-23,33,35,38,45,50H,14-18,21H2,1-3H3,(H,39,46)/t23-,33+,35-,37+/m1/s1. The molecule has 4 atom stereocenters. The van der Waals surface area contributed by atoms with Crippen LogP contribution in [-0.2, 0) is 45.9 Å². The van der Waals surface area contributed by atoms with Crippen LogP contribution in [0.4, 0.5) is 17.1 Å². The number of H-pyrrole nitrogens is 1. The van der Waals surface area contributed by atoms with Crippen LogP contribution < -0.4 is 10.2 Å². The van der Waals surface area contributed by atoms with E-state index in [0.717, 1.165) is 22.0 Å². The number of aryl methyl sites for hydroxylation is 1. The maximum Gasteiger partial charge on any atom is 0.269 e. The van der Waals surface area contributed by atoms with Gasteiger partial charge in [-0.15, -0.1) is 5.10 Å². The Balaban J connectivity index is 1.13. The maximum atomic E-state index is 14.8. The fourth-order valence-corrected chi connectivity index (χ4v) is 10.7. The molecule has 4 heterocycles. The Hall–Kier alpha value is -5.22. The van der Waals surface area contributed by atoms with Gasteiger partial charge in [-0.3, -0.25) is 24.4 Å². The zero-order valence-electron chi connectivity index (χ0n) is 29.2. The highest BCUT2D eigenvalue weighted by molar-refractivity contribution is 6.71. The number of aromatic nitrogens is 4. The van der Waals surface area contributed by atoms with E-state index in [1.807, 2.05) is 62.6 Å². The molecule has 4 N–H and O–H groups in total. The number of aliphatic hydroxyl groups is 1. The van der Waals surface area contributed by atoms with E-state index in [2.05, 4.69) is 20.6 Å². The highest BCUT2D eigenvalue weighted by Gasteiger charge is 2.66. The Morgan fingerprint density at radius 1 is 1.15 bits per heavy atom. The average molecular weight is 724 g/mol. The molecule has 0 radical (unpaired) electrons. The van der Waals surface area contributed by atoms with Gasteiger partial charge in [0.2, 0.25) is 5.91 Å². The summed E-state index contributed by atoms with van der Waals surface area (Å²) in [6, 6.07) is 19.5. The second-order valence-electron chi connectivity index (χ2n) is 14.2. The fraction of sp³-hybridized carbons (Fsp3) is 0.351. The molecule has 7 rings (SSSR count). The summed E-state index contributed by atoms with van der Waals surface area (Å²) in [5, 5.41) is 33.4. The quantitative estimate of drug-likeness (QED) is 0.0795. The van der Waals surface area contributed by atoms with Gasteiger partial charge < -0.3 is 29.8 Å². The first-order valence-corrected chi connectivity index (χ1v) is 20.4. The summed E-state index contributed by atoms with van der Waals surface area (Å²) in [7, 11) is -2.97. The molecule has 2 aliphatic heterocycles. The minimum absolute atomic E-state index is 0.0474. The molecule has 0 unspecified atom stereocenters. The van der Waals surface area contributed by atoms with Gasteiger partial charge in [-0.1, -0.05) is 42.5 Å². The number of ether oxygens (including phenoxy) is 1. The minimum atomic E-state index is -2.97. The van der Waals surface area contributed by atoms with Crippen LogP contribution in [0.15, 0.2) is 79.1 Å². The maximum absolute atomic E-state index is 14.8. The number of nitro groups is 1. The van der Waals surface area contributed by atoms with Crippen molar-refractivity contribution in [2.75, 3.05) is 16.8 Å². The molecule has 1 fully saturated rings. The van der Waals surface area contributed by atoms with E-state index in [4.69, 9.17) is 4.74 Å². The van der Waals surface area contributed by atoms with Crippen LogP contribution in [0.2, 0.25) is 18.6 Å². The highest BCUT2D eigenvalue weighted by Crippen LogP contribution is 2.60. The van der Waals surface area contributed by atoms with Crippen LogP contribution in [0.1, 0.15) is 35.7 Å². The third-order valence-corrected chi connectivity index (χ3v) is 12.9. The predicted octanol–water partition coefficient (Wildman–Crippen LogP) is 4.82. The number of fused-ring (bicyclic) bond motifs is 3. The second kappa shape index (κ2) is 13.7. The Morgan fingerprint density at radius 2 is 1.92 bits per heavy atom. The van der Waals surface area contributed by atoms with Crippen molar-refractivity contribution in [3.63, 3.8) is 0 Å². The summed E-state index contributed by atoms with van der Waals surface area (Å²) < 4.78 is 8.48. The molecule has 3 aromatic carbocycles. The normalized spacial score (nSPS) is 21.3. The number of benzene rings is 3. The van der Waals surface area contributed by atoms with E-state index < -0.39 is 30.9 Å². The number of non-ortho nitro benzene ring substituents is 1. The number of para-hydroxylation sites is 1. The van der Waals surface area contributed by atoms with Crippen molar-refractivity contribution in [2.45, 2.75) is 69.6 Å². The molecular weight excluding hydrogens is 683 g/mol. The molecule has 0 aliphatic carbocycles. The van der Waals surface area contributed by atoms with Gasteiger partial charge in [-0.25, -0.2) is 0 Å². The van der Waals surface area contributed by atoms with E-state index in [0.29, 0.717) is 42.0 Å². The summed E-state index contributed by atoms with van der Waals surface area (Å²) in [5.41, 5.74) is 2.75. The number of amides is 2. The van der Waals surface area contributed by atoms with Gasteiger partial charge in [-0.05, 0) is 54.9 Å². The first-order chi connectivity index (χ1) is 24.9. The number of rotatable bonds is 12. The molecule has 0 saturated carbocycles. The average Bonchev–Trinajstić information content (AvgIpc) is 3.86. The lowest BCUT2D eigenvalue weighted by molar-refractivity contribution is -0.385. The lowest BCUT2D eigenvalue weighted by Gasteiger charge is -2.32. The van der Waals surface area contributed by atoms with Crippen molar-refractivity contribution in [1.29, 1.82) is 0 Å². The molecule has 1 spiro atoms. The number of carbonyl (C=O) groups is 2. The second-order valence-corrected chi connectivity index (χ2v) is 18.2. The lowest BCUT2D eigenvalue weighted by Crippen LogP contribution is -2.46. The summed E-state index contributed by atoms with van der Waals surface area (Å²) in [6.07, 6.45) is 4.05. The number of nitrogens with zero attached hydrogens (tertiary/aromatic N) is 5. The minimum Gasteiger partial charge on any atom is -0.432 e. The number of carbonyl (C=O) groups excluding carboxylic acids is 2. The van der Waals surface area contributed by atoms with Crippen molar-refractivity contribution in [3.05, 3.63) is 112 Å². The molecule has 14 nitrogen and oxygen atoms in total. The van der Waals surface area contributed by atoms with Gasteiger partial charge in [0.25, 0.3) is 11.6 Å². The molecule has 5 aromatic rings. The van der Waals surface area contributed by atoms with Crippen molar-refractivity contribution in [2.24, 2.45) is 5.92 Å². The van der Waals surface area contributed by atoms with Gasteiger partial charge in [-0.2, -0.15) is 0 Å². The van der Waals surface area contributed by atoms with E-state index >= 15 is 0 Å². The third kappa shape index (κ3) is 6.40. The molecule has 15 heteroatoms. The van der Waals surface area contributed by atoms with Gasteiger partial charge in [0.15, 0.2) is 13.9 Å². The van der Waals surface area contributed by atoms with Crippen LogP contribution in [-0.4, -0.2) is 67.6 Å². The topological polar surface area (TPSA) is 189 Å². The Morgan fingerprint density at radius 3 is 2.65 bits per heavy atom. The van der Waals surface area contributed by atoms with Crippen molar-refractivity contribution >= 4 is 48.1 Å². The third-order valence-electron chi connectivity index (χ3n) is 10.4. The van der Waals surface area contributed by atoms with Crippen LogP contribution >= 0.6 is 0 Å². The molecule has 2 aromatic heterocycles. The van der Waals surface area contributed by atoms with Gasteiger partial charge >= 0.3 is 0 Å². The van der Waals surface area contributed by atoms with Crippen molar-refractivity contribution < 1.29 is 29.2 Å². The SMILES string of the molecule is C[C@@H]1[C@@H]([Si](C)(C)O)[C@H](CCn2cc(CCO)nn2)O[C@@]12C(=O)N(Cc1ccc(NC(=O)Cc3c[nH]c4ccccc34)cc1)c1ccc([N+](=O)[O-])cc12. The fourth-order valence-electron chi connectivity index (χ4n) is 8.07. The summed E-state index contributed by atoms with van der Waals surface area (Å²) in [5.74, 6) is -1.01. The van der Waals surface area contributed by atoms with Crippen molar-refractivity contribution in [3.8, 4) is 0 Å². The number of nitrogens with one attached hydrogen (secondary N) is 2. The Labute approximate surface area is 300 Å². The number of hydrogen-bond acceptors (Lipinski definition) is 9. The summed E-state index contributed by atoms with van der Waals surface area (Å²) in [4.78, 5) is 55.5. The summed E-state index contributed by atoms with van der Waals surface area (Å²) >= 11 is 0. The van der Waals surface area contributed by atoms with Crippen LogP contribution in [0.3, 0.4) is 0 Å². The van der Waals surface area contributed by atoms with E-state index in [-0.39, 0.29) is 42.6 Å². The molecule has 52 heavy (non-hydrogen) atoms. The lowest BCUT2D eigenvalue weighted by atomic mass is 9.82. The van der Waals surface area contributed by atoms with Crippen LogP contribution in [0.5, 0.6) is 0 Å². The molecule has 270 valence electrons. The summed E-state index contributed by atoms with van der Waals surface area (Å²) in [6.45, 7) is 6.05. The van der Waals surface area contributed by atoms with E-state index in [1.54, 1.807) is 34.0 Å². The van der Waals surface area contributed by atoms with Gasteiger partial charge in [0.1, 0.15) is 0 Å². The van der Waals surface area contributed by atoms with E-state index in [9.17, 15) is 29.6 Å². The van der Waals surface area contributed by atoms with Gasteiger partial charge in [0, 0.05) is 77.7 Å². The highest BCUT2D eigenvalue weighted by atomic mass is 28.4. The number of anilines is 2. The van der Waals surface area contributed by atoms with Crippen LogP contribution in [0.25, 0.3) is 10.9 Å². The zero-order valence-corrected chi connectivity index (χ0v) is 30.2. The smallest absolute Gasteiger partial charge is 0.269 e. The number of nitro benzene ring substituents is 1. The van der Waals surface area contributed by atoms with Crippen LogP contribution in [0, 0.1) is 16.0 Å². The monoisotopic (exact) mass is 723 g/mol. The predicted molar refractivity (Wildman–Crippen MR) is 196 cm³/mol. The van der Waals surface area contributed by atoms with Gasteiger partial charge in [0.05, 0.1) is 35.4 Å². The molecule has 1 saturated heterocycles. The zero-order chi connectivity index (χ0) is 36.8.